The number of rotatable bonds is 4. The van der Waals surface area contributed by atoms with Crippen LogP contribution >= 0.6 is 0 Å². The number of carbonyl (C=O) groups is 1. The Hall–Kier alpha value is -2.90. The van der Waals surface area contributed by atoms with E-state index in [0.29, 0.717) is 0 Å². The largest absolute Gasteiger partial charge is 0.515 e. The van der Waals surface area contributed by atoms with Gasteiger partial charge in [0.15, 0.2) is 0 Å². The first-order chi connectivity index (χ1) is 11.5. The summed E-state index contributed by atoms with van der Waals surface area (Å²) in [7, 11) is 0. The number of aryl methyl sites for hydroxylation is 1. The Balaban J connectivity index is 2.00. The molecule has 0 saturated heterocycles. The van der Waals surface area contributed by atoms with Gasteiger partial charge in [0.25, 0.3) is 5.69 Å². The fourth-order valence-electron chi connectivity index (χ4n) is 2.90. The normalized spacial score (nSPS) is 12.8. The highest BCUT2D eigenvalue weighted by Crippen LogP contribution is 2.33. The lowest BCUT2D eigenvalue weighted by Crippen LogP contribution is -2.11. The molecule has 1 aliphatic rings. The van der Waals surface area contributed by atoms with Crippen molar-refractivity contribution in [3.8, 4) is 11.6 Å². The van der Waals surface area contributed by atoms with E-state index in [-0.39, 0.29) is 18.2 Å². The number of aromatic nitrogens is 2. The molecular formula is C16H17N3O5. The summed E-state index contributed by atoms with van der Waals surface area (Å²) in [4.78, 5) is 22.0. The van der Waals surface area contributed by atoms with Gasteiger partial charge < -0.3 is 9.47 Å². The maximum Gasteiger partial charge on any atom is 0.515 e. The fourth-order valence-corrected chi connectivity index (χ4v) is 2.90. The van der Waals surface area contributed by atoms with E-state index in [9.17, 15) is 14.9 Å². The van der Waals surface area contributed by atoms with Gasteiger partial charge in [0.05, 0.1) is 22.9 Å². The van der Waals surface area contributed by atoms with Gasteiger partial charge in [0.1, 0.15) is 0 Å². The molecule has 1 heterocycles. The number of nitrogens with zero attached hydrogens (tertiary/aromatic N) is 3. The molecule has 0 bridgehead atoms. The van der Waals surface area contributed by atoms with E-state index in [1.807, 2.05) is 0 Å². The summed E-state index contributed by atoms with van der Waals surface area (Å²) >= 11 is 0. The molecule has 24 heavy (non-hydrogen) atoms. The highest BCUT2D eigenvalue weighted by molar-refractivity contribution is 5.64. The molecule has 0 unspecified atom stereocenters. The predicted octanol–water partition coefficient (Wildman–Crippen LogP) is 3.11. The van der Waals surface area contributed by atoms with Crippen LogP contribution in [0.5, 0.6) is 5.88 Å². The molecular weight excluding hydrogens is 314 g/mol. The van der Waals surface area contributed by atoms with Crippen LogP contribution in [0.1, 0.15) is 30.2 Å². The summed E-state index contributed by atoms with van der Waals surface area (Å²) in [5.74, 6) is 0.249. The van der Waals surface area contributed by atoms with Crippen LogP contribution in [0.25, 0.3) is 5.69 Å². The third-order valence-electron chi connectivity index (χ3n) is 3.95. The van der Waals surface area contributed by atoms with E-state index in [0.717, 1.165) is 41.8 Å². The molecule has 0 atom stereocenters. The van der Waals surface area contributed by atoms with Crippen molar-refractivity contribution >= 4 is 11.8 Å². The Morgan fingerprint density at radius 1 is 1.42 bits per heavy atom. The van der Waals surface area contributed by atoms with Gasteiger partial charge in [-0.1, -0.05) is 0 Å². The number of nitro benzene ring substituents is 1. The van der Waals surface area contributed by atoms with E-state index in [2.05, 4.69) is 5.10 Å². The van der Waals surface area contributed by atoms with Crippen molar-refractivity contribution in [2.24, 2.45) is 0 Å². The number of carbonyl (C=O) groups excluding carboxylic acids is 1. The molecule has 0 N–H and O–H groups in total. The first-order valence-corrected chi connectivity index (χ1v) is 7.72. The fraction of sp³-hybridized carbons (Fsp3) is 0.375. The molecule has 2 aromatic rings. The molecule has 0 saturated carbocycles. The van der Waals surface area contributed by atoms with Crippen molar-refractivity contribution in [1.29, 1.82) is 0 Å². The minimum absolute atomic E-state index is 0.0306. The zero-order chi connectivity index (χ0) is 17.3. The topological polar surface area (TPSA) is 96.5 Å². The molecule has 0 amide bonds. The third-order valence-corrected chi connectivity index (χ3v) is 3.95. The molecule has 8 heteroatoms. The number of nitro groups is 1. The van der Waals surface area contributed by atoms with Gasteiger partial charge in [-0.25, -0.2) is 9.48 Å². The van der Waals surface area contributed by atoms with Gasteiger partial charge >= 0.3 is 6.16 Å². The number of hydrogen-bond acceptors (Lipinski definition) is 6. The Morgan fingerprint density at radius 3 is 2.88 bits per heavy atom. The van der Waals surface area contributed by atoms with Crippen molar-refractivity contribution in [3.63, 3.8) is 0 Å². The second-order valence-electron chi connectivity index (χ2n) is 5.51. The van der Waals surface area contributed by atoms with E-state index in [1.54, 1.807) is 24.6 Å². The lowest BCUT2D eigenvalue weighted by atomic mass is 10.1. The minimum atomic E-state index is -0.780. The first-order valence-electron chi connectivity index (χ1n) is 7.72. The summed E-state index contributed by atoms with van der Waals surface area (Å²) in [5.41, 5.74) is 3.34. The number of hydrogen-bond donors (Lipinski definition) is 0. The molecule has 1 aliphatic carbocycles. The first kappa shape index (κ1) is 16.0. The number of benzene rings is 1. The van der Waals surface area contributed by atoms with E-state index in [1.165, 1.54) is 12.1 Å². The van der Waals surface area contributed by atoms with Gasteiger partial charge in [-0.3, -0.25) is 10.1 Å². The molecule has 0 aliphatic heterocycles. The summed E-state index contributed by atoms with van der Waals surface area (Å²) in [6.07, 6.45) is 1.75. The molecule has 1 aromatic carbocycles. The second kappa shape index (κ2) is 6.31. The van der Waals surface area contributed by atoms with Crippen LogP contribution in [0.4, 0.5) is 10.5 Å². The summed E-state index contributed by atoms with van der Waals surface area (Å²) < 4.78 is 11.7. The van der Waals surface area contributed by atoms with E-state index >= 15 is 0 Å². The number of fused-ring (bicyclic) bond motifs is 1. The summed E-state index contributed by atoms with van der Waals surface area (Å²) in [6, 6.07) is 4.61. The third kappa shape index (κ3) is 2.82. The molecule has 0 spiro atoms. The van der Waals surface area contributed by atoms with Gasteiger partial charge in [-0.2, -0.15) is 0 Å². The van der Waals surface area contributed by atoms with Gasteiger partial charge in [0.2, 0.25) is 5.88 Å². The Kier molecular flexibility index (Phi) is 4.20. The van der Waals surface area contributed by atoms with Gasteiger partial charge in [-0.15, -0.1) is 5.10 Å². The summed E-state index contributed by atoms with van der Waals surface area (Å²) in [5, 5.41) is 15.3. The molecule has 1 aromatic heterocycles. The summed E-state index contributed by atoms with van der Waals surface area (Å²) in [6.45, 7) is 3.71. The Bertz CT molecular complexity index is 812. The van der Waals surface area contributed by atoms with Crippen LogP contribution in [0.15, 0.2) is 18.2 Å². The standard InChI is InChI=1S/C16H17N3O5/c1-3-23-16(20)24-15-12-5-4-6-14(12)18(17-15)13-8-7-11(19(21)22)9-10(13)2/h7-9H,3-6H2,1-2H3. The predicted molar refractivity (Wildman–Crippen MR) is 84.6 cm³/mol. The monoisotopic (exact) mass is 331 g/mol. The van der Waals surface area contributed by atoms with Gasteiger partial charge in [0, 0.05) is 17.7 Å². The number of non-ortho nitro benzene ring substituents is 1. The van der Waals surface area contributed by atoms with Crippen LogP contribution in [0.3, 0.4) is 0 Å². The zero-order valence-electron chi connectivity index (χ0n) is 13.4. The molecule has 0 fully saturated rings. The van der Waals surface area contributed by atoms with Crippen molar-refractivity contribution in [3.05, 3.63) is 45.1 Å². The Labute approximate surface area is 138 Å². The van der Waals surface area contributed by atoms with Crippen molar-refractivity contribution in [2.45, 2.75) is 33.1 Å². The average molecular weight is 331 g/mol. The Morgan fingerprint density at radius 2 is 2.21 bits per heavy atom. The average Bonchev–Trinajstić information content (AvgIpc) is 3.11. The molecule has 8 nitrogen and oxygen atoms in total. The highest BCUT2D eigenvalue weighted by Gasteiger charge is 2.27. The second-order valence-corrected chi connectivity index (χ2v) is 5.51. The van der Waals surface area contributed by atoms with Gasteiger partial charge in [-0.05, 0) is 44.7 Å². The van der Waals surface area contributed by atoms with E-state index in [4.69, 9.17) is 9.47 Å². The minimum Gasteiger partial charge on any atom is -0.434 e. The van der Waals surface area contributed by atoms with Crippen LogP contribution in [0, 0.1) is 17.0 Å². The van der Waals surface area contributed by atoms with Crippen molar-refractivity contribution in [2.75, 3.05) is 6.61 Å². The van der Waals surface area contributed by atoms with Crippen molar-refractivity contribution in [1.82, 2.24) is 9.78 Å². The smallest absolute Gasteiger partial charge is 0.434 e. The van der Waals surface area contributed by atoms with Crippen LogP contribution in [-0.2, 0) is 17.6 Å². The van der Waals surface area contributed by atoms with Crippen LogP contribution in [-0.4, -0.2) is 27.5 Å². The maximum atomic E-state index is 11.6. The zero-order valence-corrected chi connectivity index (χ0v) is 13.4. The quantitative estimate of drug-likeness (QED) is 0.485. The van der Waals surface area contributed by atoms with Crippen LogP contribution in [0.2, 0.25) is 0 Å². The van der Waals surface area contributed by atoms with E-state index < -0.39 is 11.1 Å². The SMILES string of the molecule is CCOC(=O)Oc1nn(-c2ccc([N+](=O)[O-])cc2C)c2c1CCC2. The lowest BCUT2D eigenvalue weighted by molar-refractivity contribution is -0.384. The number of ether oxygens (including phenoxy) is 2. The maximum absolute atomic E-state index is 11.6. The molecule has 0 radical (unpaired) electrons. The molecule has 126 valence electrons. The van der Waals surface area contributed by atoms with Crippen LogP contribution < -0.4 is 4.74 Å². The van der Waals surface area contributed by atoms with Crippen molar-refractivity contribution < 1.29 is 19.2 Å². The highest BCUT2D eigenvalue weighted by atomic mass is 16.7. The lowest BCUT2D eigenvalue weighted by Gasteiger charge is -2.08. The molecule has 3 rings (SSSR count).